The number of rotatable bonds is 43. The number of carbonyl (C=O) groups is 2. The SMILES string of the molecule is CCCCCCCCN(CCCCCC)C(=O)CCCCCCCN(CCCO)CCCCCCCC(=O)N(CCCCCC)CCCCCCCC. The number of nitrogens with zero attached hydrogens (tertiary/aromatic N) is 3. The van der Waals surface area contributed by atoms with E-state index in [1.54, 1.807) is 0 Å². The van der Waals surface area contributed by atoms with Gasteiger partial charge in [0, 0.05) is 52.2 Å². The molecule has 0 aliphatic rings. The van der Waals surface area contributed by atoms with Crippen molar-refractivity contribution in [3.05, 3.63) is 0 Å². The molecule has 6 nitrogen and oxygen atoms in total. The van der Waals surface area contributed by atoms with Crippen LogP contribution in [0.25, 0.3) is 0 Å². The van der Waals surface area contributed by atoms with Gasteiger partial charge < -0.3 is 19.8 Å². The summed E-state index contributed by atoms with van der Waals surface area (Å²) in [5, 5.41) is 9.46. The molecule has 53 heavy (non-hydrogen) atoms. The lowest BCUT2D eigenvalue weighted by Gasteiger charge is -2.23. The molecule has 0 heterocycles. The molecule has 0 aromatic rings. The predicted molar refractivity (Wildman–Crippen MR) is 232 cm³/mol. The summed E-state index contributed by atoms with van der Waals surface area (Å²) in [6.45, 7) is 16.3. The molecule has 0 aromatic heterocycles. The Bertz CT molecular complexity index is 705. The van der Waals surface area contributed by atoms with Crippen LogP contribution in [-0.4, -0.2) is 84.0 Å². The molecule has 0 saturated carbocycles. The largest absolute Gasteiger partial charge is 0.396 e. The summed E-state index contributed by atoms with van der Waals surface area (Å²) in [5.74, 6) is 0.778. The Kier molecular flexibility index (Phi) is 41.1. The average Bonchev–Trinajstić information content (AvgIpc) is 3.16. The number of carbonyl (C=O) groups excluding carboxylic acids is 2. The predicted octanol–water partition coefficient (Wildman–Crippen LogP) is 12.9. The number of hydrogen-bond acceptors (Lipinski definition) is 4. The first-order chi connectivity index (χ1) is 26.0. The fraction of sp³-hybridized carbons (Fsp3) is 0.957. The zero-order chi connectivity index (χ0) is 38.9. The van der Waals surface area contributed by atoms with Gasteiger partial charge >= 0.3 is 0 Å². The average molecular weight is 750 g/mol. The summed E-state index contributed by atoms with van der Waals surface area (Å²) in [7, 11) is 0. The Morgan fingerprint density at radius 3 is 0.887 bits per heavy atom. The molecule has 0 radical (unpaired) electrons. The minimum Gasteiger partial charge on any atom is -0.396 e. The van der Waals surface area contributed by atoms with E-state index in [1.165, 1.54) is 141 Å². The number of unbranched alkanes of at least 4 members (excludes halogenated alkanes) is 24. The monoisotopic (exact) mass is 750 g/mol. The topological polar surface area (TPSA) is 64.1 Å². The lowest BCUT2D eigenvalue weighted by molar-refractivity contribution is -0.132. The van der Waals surface area contributed by atoms with E-state index in [1.807, 2.05) is 0 Å². The van der Waals surface area contributed by atoms with Crippen molar-refractivity contribution in [3.8, 4) is 0 Å². The molecule has 0 saturated heterocycles. The van der Waals surface area contributed by atoms with Crippen LogP contribution in [0.4, 0.5) is 0 Å². The van der Waals surface area contributed by atoms with Crippen molar-refractivity contribution in [2.75, 3.05) is 52.4 Å². The van der Waals surface area contributed by atoms with E-state index in [4.69, 9.17) is 0 Å². The zero-order valence-corrected chi connectivity index (χ0v) is 36.6. The highest BCUT2D eigenvalue weighted by molar-refractivity contribution is 5.76. The van der Waals surface area contributed by atoms with Gasteiger partial charge in [0.25, 0.3) is 0 Å². The summed E-state index contributed by atoms with van der Waals surface area (Å²) in [6, 6.07) is 0. The molecule has 0 unspecified atom stereocenters. The van der Waals surface area contributed by atoms with Gasteiger partial charge in [0.05, 0.1) is 0 Å². The van der Waals surface area contributed by atoms with Crippen LogP contribution < -0.4 is 0 Å². The normalized spacial score (nSPS) is 11.5. The van der Waals surface area contributed by atoms with Gasteiger partial charge in [0.2, 0.25) is 11.8 Å². The minimum absolute atomic E-state index is 0.265. The van der Waals surface area contributed by atoms with Crippen molar-refractivity contribution in [2.45, 2.75) is 240 Å². The molecule has 0 bridgehead atoms. The molecule has 0 aliphatic heterocycles. The summed E-state index contributed by atoms with van der Waals surface area (Å²) in [6.07, 6.45) is 39.1. The van der Waals surface area contributed by atoms with Crippen LogP contribution in [0.2, 0.25) is 0 Å². The molecule has 6 heteroatoms. The van der Waals surface area contributed by atoms with E-state index in [9.17, 15) is 14.7 Å². The van der Waals surface area contributed by atoms with Crippen molar-refractivity contribution in [1.82, 2.24) is 14.7 Å². The van der Waals surface area contributed by atoms with Crippen LogP contribution in [0.1, 0.15) is 240 Å². The molecule has 0 spiro atoms. The third-order valence-corrected chi connectivity index (χ3v) is 11.2. The molecule has 1 N–H and O–H groups in total. The van der Waals surface area contributed by atoms with Crippen LogP contribution in [0, 0.1) is 0 Å². The van der Waals surface area contributed by atoms with Crippen molar-refractivity contribution >= 4 is 11.8 Å². The van der Waals surface area contributed by atoms with E-state index in [0.29, 0.717) is 11.8 Å². The minimum atomic E-state index is 0.265. The molecular weight excluding hydrogens is 655 g/mol. The third-order valence-electron chi connectivity index (χ3n) is 11.2. The Morgan fingerprint density at radius 1 is 0.321 bits per heavy atom. The van der Waals surface area contributed by atoms with Crippen LogP contribution >= 0.6 is 0 Å². The Labute approximate surface area is 332 Å². The Balaban J connectivity index is 4.28. The molecule has 316 valence electrons. The highest BCUT2D eigenvalue weighted by atomic mass is 16.3. The summed E-state index contributed by atoms with van der Waals surface area (Å²) < 4.78 is 0. The van der Waals surface area contributed by atoms with Crippen molar-refractivity contribution in [2.24, 2.45) is 0 Å². The first kappa shape index (κ1) is 51.9. The number of aliphatic hydroxyl groups excluding tert-OH is 1. The van der Waals surface area contributed by atoms with Gasteiger partial charge in [-0.2, -0.15) is 0 Å². The standard InChI is InChI=1S/C47H95N3O3/c1-5-9-13-17-25-33-43-49(41-31-15-11-7-3)46(52)36-27-21-19-23-29-38-48(40-35-45-51)39-30-24-20-22-28-37-47(53)50(42-32-16-12-8-4)44-34-26-18-14-10-6-2/h51H,5-45H2,1-4H3. The van der Waals surface area contributed by atoms with E-state index in [2.05, 4.69) is 42.4 Å². The van der Waals surface area contributed by atoms with Crippen LogP contribution in [0.15, 0.2) is 0 Å². The second kappa shape index (κ2) is 42.0. The zero-order valence-electron chi connectivity index (χ0n) is 36.6. The number of amides is 2. The van der Waals surface area contributed by atoms with Gasteiger partial charge in [0.15, 0.2) is 0 Å². The smallest absolute Gasteiger partial charge is 0.222 e. The van der Waals surface area contributed by atoms with E-state index >= 15 is 0 Å². The third kappa shape index (κ3) is 35.0. The molecule has 0 aromatic carbocycles. The Hall–Kier alpha value is -1.14. The van der Waals surface area contributed by atoms with Gasteiger partial charge in [-0.05, 0) is 70.9 Å². The molecule has 0 atom stereocenters. The molecule has 2 amide bonds. The van der Waals surface area contributed by atoms with Gasteiger partial charge in [-0.3, -0.25) is 9.59 Å². The second-order valence-corrected chi connectivity index (χ2v) is 16.4. The fourth-order valence-electron chi connectivity index (χ4n) is 7.58. The first-order valence-corrected chi connectivity index (χ1v) is 23.9. The van der Waals surface area contributed by atoms with E-state index in [-0.39, 0.29) is 6.61 Å². The van der Waals surface area contributed by atoms with Crippen LogP contribution in [0.3, 0.4) is 0 Å². The summed E-state index contributed by atoms with van der Waals surface area (Å²) in [4.78, 5) is 33.1. The van der Waals surface area contributed by atoms with Crippen molar-refractivity contribution in [1.29, 1.82) is 0 Å². The lowest BCUT2D eigenvalue weighted by Crippen LogP contribution is -2.32. The van der Waals surface area contributed by atoms with Crippen molar-refractivity contribution < 1.29 is 14.7 Å². The summed E-state index contributed by atoms with van der Waals surface area (Å²) in [5.41, 5.74) is 0. The fourth-order valence-corrected chi connectivity index (χ4v) is 7.58. The molecule has 0 rings (SSSR count). The maximum atomic E-state index is 13.1. The quantitative estimate of drug-likeness (QED) is 0.0631. The van der Waals surface area contributed by atoms with Gasteiger partial charge in [-0.1, -0.05) is 169 Å². The van der Waals surface area contributed by atoms with E-state index in [0.717, 1.165) is 116 Å². The highest BCUT2D eigenvalue weighted by Gasteiger charge is 2.14. The second-order valence-electron chi connectivity index (χ2n) is 16.4. The van der Waals surface area contributed by atoms with Crippen LogP contribution in [-0.2, 0) is 9.59 Å². The van der Waals surface area contributed by atoms with Gasteiger partial charge in [0.1, 0.15) is 0 Å². The highest BCUT2D eigenvalue weighted by Crippen LogP contribution is 2.15. The summed E-state index contributed by atoms with van der Waals surface area (Å²) >= 11 is 0. The lowest BCUT2D eigenvalue weighted by atomic mass is 10.1. The van der Waals surface area contributed by atoms with Gasteiger partial charge in [-0.25, -0.2) is 0 Å². The van der Waals surface area contributed by atoms with E-state index < -0.39 is 0 Å². The first-order valence-electron chi connectivity index (χ1n) is 23.9. The number of aliphatic hydroxyl groups is 1. The van der Waals surface area contributed by atoms with Crippen LogP contribution in [0.5, 0.6) is 0 Å². The molecular formula is C47H95N3O3. The molecule has 0 aliphatic carbocycles. The molecule has 0 fully saturated rings. The number of hydrogen-bond donors (Lipinski definition) is 1. The Morgan fingerprint density at radius 2 is 0.566 bits per heavy atom. The maximum Gasteiger partial charge on any atom is 0.222 e. The maximum absolute atomic E-state index is 13.1. The van der Waals surface area contributed by atoms with Gasteiger partial charge in [-0.15, -0.1) is 0 Å². The van der Waals surface area contributed by atoms with Crippen molar-refractivity contribution in [3.63, 3.8) is 0 Å².